The monoisotopic (exact) mass is 428 g/mol. The summed E-state index contributed by atoms with van der Waals surface area (Å²) in [5, 5.41) is 10.8. The Bertz CT molecular complexity index is 952. The van der Waals surface area contributed by atoms with Crippen molar-refractivity contribution in [3.63, 3.8) is 0 Å². The fourth-order valence-electron chi connectivity index (χ4n) is 3.52. The Hall–Kier alpha value is -2.99. The van der Waals surface area contributed by atoms with Gasteiger partial charge in [-0.15, -0.1) is 0 Å². The molecule has 7 heteroatoms. The first kappa shape index (κ1) is 21.7. The molecular weight excluding hydrogens is 404 g/mol. The SMILES string of the molecule is C=CC(=O)N1CCN(C(=O)CCc2cc(-c3cccc(OC)c3)c(Cl)cc2O)CC1. The lowest BCUT2D eigenvalue weighted by atomic mass is 9.99. The second-order valence-electron chi connectivity index (χ2n) is 7.10. The van der Waals surface area contributed by atoms with Crippen molar-refractivity contribution in [2.45, 2.75) is 12.8 Å². The molecule has 2 aromatic carbocycles. The van der Waals surface area contributed by atoms with Crippen molar-refractivity contribution >= 4 is 23.4 Å². The van der Waals surface area contributed by atoms with Gasteiger partial charge in [0.15, 0.2) is 0 Å². The molecule has 1 saturated heterocycles. The van der Waals surface area contributed by atoms with E-state index in [4.69, 9.17) is 16.3 Å². The zero-order valence-corrected chi connectivity index (χ0v) is 17.7. The minimum atomic E-state index is -0.113. The van der Waals surface area contributed by atoms with Crippen LogP contribution >= 0.6 is 11.6 Å². The lowest BCUT2D eigenvalue weighted by Crippen LogP contribution is -2.50. The minimum absolute atomic E-state index is 0.00187. The quantitative estimate of drug-likeness (QED) is 0.715. The number of carbonyl (C=O) groups is 2. The van der Waals surface area contributed by atoms with Crippen LogP contribution in [-0.2, 0) is 16.0 Å². The van der Waals surface area contributed by atoms with Gasteiger partial charge in [-0.3, -0.25) is 9.59 Å². The number of benzene rings is 2. The second-order valence-corrected chi connectivity index (χ2v) is 7.51. The number of halogens is 1. The molecule has 0 bridgehead atoms. The number of nitrogens with zero attached hydrogens (tertiary/aromatic N) is 2. The van der Waals surface area contributed by atoms with Crippen LogP contribution in [-0.4, -0.2) is 60.0 Å². The summed E-state index contributed by atoms with van der Waals surface area (Å²) in [5.74, 6) is 0.666. The smallest absolute Gasteiger partial charge is 0.246 e. The standard InChI is InChI=1S/C23H25ClN2O4/c1-3-22(28)25-9-11-26(12-10-25)23(29)8-7-17-14-19(20(24)15-21(17)27)16-5-4-6-18(13-16)30-2/h3-6,13-15,27H,1,7-12H2,2H3. The lowest BCUT2D eigenvalue weighted by molar-refractivity contribution is -0.137. The van der Waals surface area contributed by atoms with Crippen molar-refractivity contribution in [3.8, 4) is 22.6 Å². The van der Waals surface area contributed by atoms with Gasteiger partial charge >= 0.3 is 0 Å². The van der Waals surface area contributed by atoms with Crippen LogP contribution in [0.2, 0.25) is 5.02 Å². The Labute approximate surface area is 181 Å². The summed E-state index contributed by atoms with van der Waals surface area (Å²) in [6, 6.07) is 10.8. The minimum Gasteiger partial charge on any atom is -0.508 e. The van der Waals surface area contributed by atoms with E-state index in [9.17, 15) is 14.7 Å². The van der Waals surface area contributed by atoms with E-state index in [1.165, 1.54) is 12.1 Å². The van der Waals surface area contributed by atoms with Gasteiger partial charge in [-0.1, -0.05) is 30.3 Å². The zero-order chi connectivity index (χ0) is 21.7. The highest BCUT2D eigenvalue weighted by atomic mass is 35.5. The predicted molar refractivity (Wildman–Crippen MR) is 117 cm³/mol. The van der Waals surface area contributed by atoms with Gasteiger partial charge in [0.2, 0.25) is 11.8 Å². The Morgan fingerprint density at radius 1 is 1.17 bits per heavy atom. The molecule has 1 N–H and O–H groups in total. The molecule has 0 spiro atoms. The molecule has 2 amide bonds. The zero-order valence-electron chi connectivity index (χ0n) is 16.9. The third-order valence-electron chi connectivity index (χ3n) is 5.28. The number of piperazine rings is 1. The molecule has 0 atom stereocenters. The molecule has 0 radical (unpaired) electrons. The summed E-state index contributed by atoms with van der Waals surface area (Å²) in [7, 11) is 1.60. The first-order valence-electron chi connectivity index (χ1n) is 9.78. The van der Waals surface area contributed by atoms with Crippen LogP contribution < -0.4 is 4.74 Å². The molecule has 1 aliphatic heterocycles. The van der Waals surface area contributed by atoms with Crippen LogP contribution in [0.5, 0.6) is 11.5 Å². The van der Waals surface area contributed by atoms with Crippen molar-refractivity contribution in [3.05, 3.63) is 59.6 Å². The van der Waals surface area contributed by atoms with E-state index in [-0.39, 0.29) is 24.0 Å². The van der Waals surface area contributed by atoms with Crippen LogP contribution in [0.15, 0.2) is 49.1 Å². The molecule has 2 aromatic rings. The number of hydrogen-bond donors (Lipinski definition) is 1. The highest BCUT2D eigenvalue weighted by Crippen LogP contribution is 2.35. The molecule has 1 fully saturated rings. The molecule has 158 valence electrons. The Balaban J connectivity index is 1.67. The average Bonchev–Trinajstić information content (AvgIpc) is 2.77. The fourth-order valence-corrected chi connectivity index (χ4v) is 3.79. The number of rotatable bonds is 6. The molecular formula is C23H25ClN2O4. The summed E-state index contributed by atoms with van der Waals surface area (Å²) < 4.78 is 5.27. The van der Waals surface area contributed by atoms with E-state index in [2.05, 4.69) is 6.58 Å². The van der Waals surface area contributed by atoms with Gasteiger partial charge in [0.05, 0.1) is 12.1 Å². The topological polar surface area (TPSA) is 70.1 Å². The number of phenols is 1. The lowest BCUT2D eigenvalue weighted by Gasteiger charge is -2.34. The van der Waals surface area contributed by atoms with Crippen LogP contribution in [0.3, 0.4) is 0 Å². The first-order valence-corrected chi connectivity index (χ1v) is 10.2. The van der Waals surface area contributed by atoms with Crippen molar-refractivity contribution in [2.75, 3.05) is 33.3 Å². The third kappa shape index (κ3) is 4.94. The van der Waals surface area contributed by atoms with Gasteiger partial charge in [-0.05, 0) is 47.9 Å². The normalized spacial score (nSPS) is 13.8. The maximum absolute atomic E-state index is 12.6. The highest BCUT2D eigenvalue weighted by Gasteiger charge is 2.23. The van der Waals surface area contributed by atoms with E-state index in [1.807, 2.05) is 30.3 Å². The van der Waals surface area contributed by atoms with Crippen LogP contribution in [0.4, 0.5) is 0 Å². The highest BCUT2D eigenvalue weighted by molar-refractivity contribution is 6.33. The number of ether oxygens (including phenoxy) is 1. The molecule has 1 heterocycles. The largest absolute Gasteiger partial charge is 0.508 e. The van der Waals surface area contributed by atoms with Crippen LogP contribution in [0.25, 0.3) is 11.1 Å². The van der Waals surface area contributed by atoms with Gasteiger partial charge in [-0.25, -0.2) is 0 Å². The van der Waals surface area contributed by atoms with Crippen molar-refractivity contribution in [1.29, 1.82) is 0 Å². The average molecular weight is 429 g/mol. The maximum Gasteiger partial charge on any atom is 0.246 e. The Morgan fingerprint density at radius 2 is 1.87 bits per heavy atom. The summed E-state index contributed by atoms with van der Waals surface area (Å²) in [5.41, 5.74) is 2.30. The molecule has 0 aromatic heterocycles. The van der Waals surface area contributed by atoms with Crippen molar-refractivity contribution in [1.82, 2.24) is 9.80 Å². The number of aromatic hydroxyl groups is 1. The molecule has 6 nitrogen and oxygen atoms in total. The molecule has 3 rings (SSSR count). The molecule has 0 saturated carbocycles. The fraction of sp³-hybridized carbons (Fsp3) is 0.304. The summed E-state index contributed by atoms with van der Waals surface area (Å²) in [4.78, 5) is 27.7. The van der Waals surface area contributed by atoms with Crippen molar-refractivity contribution < 1.29 is 19.4 Å². The van der Waals surface area contributed by atoms with Crippen LogP contribution in [0, 0.1) is 0 Å². The summed E-state index contributed by atoms with van der Waals surface area (Å²) >= 11 is 6.35. The molecule has 1 aliphatic rings. The number of carbonyl (C=O) groups excluding carboxylic acids is 2. The van der Waals surface area contributed by atoms with Gasteiger partial charge in [0, 0.05) is 38.2 Å². The van der Waals surface area contributed by atoms with Gasteiger partial charge in [0.1, 0.15) is 11.5 Å². The first-order chi connectivity index (χ1) is 14.4. The molecule has 30 heavy (non-hydrogen) atoms. The number of phenolic OH excluding ortho intramolecular Hbond substituents is 1. The molecule has 0 unspecified atom stereocenters. The van der Waals surface area contributed by atoms with Gasteiger partial charge < -0.3 is 19.6 Å². The van der Waals surface area contributed by atoms with E-state index in [0.717, 1.165) is 11.1 Å². The summed E-state index contributed by atoms with van der Waals surface area (Å²) in [6.45, 7) is 5.50. The molecule has 0 aliphatic carbocycles. The van der Waals surface area contributed by atoms with E-state index >= 15 is 0 Å². The second kappa shape index (κ2) is 9.67. The van der Waals surface area contributed by atoms with E-state index in [1.54, 1.807) is 16.9 Å². The predicted octanol–water partition coefficient (Wildman–Crippen LogP) is 3.51. The number of aryl methyl sites for hydroxylation is 1. The third-order valence-corrected chi connectivity index (χ3v) is 5.59. The Kier molecular flexibility index (Phi) is 7.00. The van der Waals surface area contributed by atoms with Gasteiger partial charge in [-0.2, -0.15) is 0 Å². The number of hydrogen-bond acceptors (Lipinski definition) is 4. The van der Waals surface area contributed by atoms with Gasteiger partial charge in [0.25, 0.3) is 0 Å². The number of amides is 2. The van der Waals surface area contributed by atoms with E-state index < -0.39 is 0 Å². The van der Waals surface area contributed by atoms with Crippen LogP contribution in [0.1, 0.15) is 12.0 Å². The van der Waals surface area contributed by atoms with Crippen molar-refractivity contribution in [2.24, 2.45) is 0 Å². The Morgan fingerprint density at radius 3 is 2.53 bits per heavy atom. The maximum atomic E-state index is 12.6. The number of methoxy groups -OCH3 is 1. The van der Waals surface area contributed by atoms with E-state index in [0.29, 0.717) is 48.9 Å². The summed E-state index contributed by atoms with van der Waals surface area (Å²) in [6.07, 6.45) is 1.95.